The lowest BCUT2D eigenvalue weighted by atomic mass is 10.1. The molecule has 0 saturated carbocycles. The van der Waals surface area contributed by atoms with Gasteiger partial charge in [0, 0.05) is 12.5 Å². The second-order valence-corrected chi connectivity index (χ2v) is 4.58. The molecule has 2 rings (SSSR count). The van der Waals surface area contributed by atoms with Crippen molar-refractivity contribution in [3.8, 4) is 5.69 Å². The Kier molecular flexibility index (Phi) is 4.08. The van der Waals surface area contributed by atoms with Crippen LogP contribution < -0.4 is 5.32 Å². The van der Waals surface area contributed by atoms with Gasteiger partial charge in [-0.1, -0.05) is 5.21 Å². The number of nitrogens with one attached hydrogen (secondary N) is 1. The predicted octanol–water partition coefficient (Wildman–Crippen LogP) is 2.44. The van der Waals surface area contributed by atoms with E-state index < -0.39 is 11.7 Å². The molecule has 20 heavy (non-hydrogen) atoms. The van der Waals surface area contributed by atoms with Crippen LogP contribution in [0.5, 0.6) is 0 Å². The molecular weight excluding hydrogens is 269 g/mol. The van der Waals surface area contributed by atoms with Gasteiger partial charge in [-0.2, -0.15) is 13.2 Å². The fraction of sp³-hybridized carbons (Fsp3) is 0.385. The number of hydrogen-bond acceptors (Lipinski definition) is 3. The highest BCUT2D eigenvalue weighted by Gasteiger charge is 2.30. The van der Waals surface area contributed by atoms with E-state index in [4.69, 9.17) is 0 Å². The quantitative estimate of drug-likeness (QED) is 0.937. The number of hydrogen-bond donors (Lipinski definition) is 1. The minimum atomic E-state index is -4.33. The second-order valence-electron chi connectivity index (χ2n) is 4.58. The Balaban J connectivity index is 2.26. The maximum Gasteiger partial charge on any atom is 0.416 e. The van der Waals surface area contributed by atoms with Crippen LogP contribution in [0.3, 0.4) is 0 Å². The molecule has 0 aliphatic heterocycles. The molecule has 4 nitrogen and oxygen atoms in total. The zero-order chi connectivity index (χ0) is 14.8. The summed E-state index contributed by atoms with van der Waals surface area (Å²) in [7, 11) is 1.84. The minimum absolute atomic E-state index is 0.224. The highest BCUT2D eigenvalue weighted by atomic mass is 19.4. The van der Waals surface area contributed by atoms with E-state index >= 15 is 0 Å². The molecule has 0 bridgehead atoms. The number of likely N-dealkylation sites (N-methyl/N-ethyl adjacent to an activating group) is 1. The summed E-state index contributed by atoms with van der Waals surface area (Å²) in [5.41, 5.74) is 0.729. The number of alkyl halides is 3. The molecule has 1 unspecified atom stereocenters. The monoisotopic (exact) mass is 284 g/mol. The molecule has 1 N–H and O–H groups in total. The molecule has 108 valence electrons. The number of nitrogens with zero attached hydrogens (tertiary/aromatic N) is 3. The van der Waals surface area contributed by atoms with E-state index in [0.29, 0.717) is 12.1 Å². The van der Waals surface area contributed by atoms with Crippen molar-refractivity contribution in [2.24, 2.45) is 0 Å². The average molecular weight is 284 g/mol. The summed E-state index contributed by atoms with van der Waals surface area (Å²) in [5.74, 6) is 0. The smallest absolute Gasteiger partial charge is 0.317 e. The highest BCUT2D eigenvalue weighted by Crippen LogP contribution is 2.29. The Labute approximate surface area is 114 Å². The van der Waals surface area contributed by atoms with Crippen LogP contribution in [0, 0.1) is 0 Å². The van der Waals surface area contributed by atoms with E-state index in [1.165, 1.54) is 12.1 Å². The van der Waals surface area contributed by atoms with E-state index in [2.05, 4.69) is 15.6 Å². The van der Waals surface area contributed by atoms with Gasteiger partial charge in [-0.3, -0.25) is 0 Å². The van der Waals surface area contributed by atoms with Gasteiger partial charge >= 0.3 is 6.18 Å². The van der Waals surface area contributed by atoms with Crippen molar-refractivity contribution in [3.63, 3.8) is 0 Å². The van der Waals surface area contributed by atoms with E-state index in [-0.39, 0.29) is 6.04 Å². The lowest BCUT2D eigenvalue weighted by Gasteiger charge is -2.12. The first kappa shape index (κ1) is 14.5. The molecule has 7 heteroatoms. The molecule has 0 amide bonds. The third kappa shape index (κ3) is 3.16. The maximum absolute atomic E-state index is 12.5. The Morgan fingerprint density at radius 3 is 2.45 bits per heavy atom. The third-order valence-corrected chi connectivity index (χ3v) is 3.07. The van der Waals surface area contributed by atoms with Crippen molar-refractivity contribution in [1.82, 2.24) is 20.3 Å². The van der Waals surface area contributed by atoms with Crippen LogP contribution in [-0.4, -0.2) is 28.1 Å². The SMILES string of the molecule is CNC(C)Cc1cnnn1-c1ccc(C(F)(F)F)cc1. The molecule has 0 fully saturated rings. The first-order valence-corrected chi connectivity index (χ1v) is 6.16. The van der Waals surface area contributed by atoms with Crippen molar-refractivity contribution in [2.45, 2.75) is 25.6 Å². The molecule has 0 radical (unpaired) electrons. The fourth-order valence-corrected chi connectivity index (χ4v) is 1.82. The summed E-state index contributed by atoms with van der Waals surface area (Å²) in [6.07, 6.45) is -2.03. The number of benzene rings is 1. The molecule has 1 aromatic carbocycles. The van der Waals surface area contributed by atoms with Crippen molar-refractivity contribution in [1.29, 1.82) is 0 Å². The molecule has 1 atom stereocenters. The van der Waals surface area contributed by atoms with Gasteiger partial charge in [0.15, 0.2) is 0 Å². The number of rotatable bonds is 4. The van der Waals surface area contributed by atoms with Crippen molar-refractivity contribution in [3.05, 3.63) is 41.7 Å². The van der Waals surface area contributed by atoms with E-state index in [1.807, 2.05) is 14.0 Å². The number of aromatic nitrogens is 3. The van der Waals surface area contributed by atoms with E-state index in [1.54, 1.807) is 10.9 Å². The van der Waals surface area contributed by atoms with Crippen LogP contribution in [-0.2, 0) is 12.6 Å². The molecule has 1 heterocycles. The normalized spacial score (nSPS) is 13.4. The number of halogens is 3. The molecule has 0 saturated heterocycles. The Bertz CT molecular complexity index is 560. The standard InChI is InChI=1S/C13H15F3N4/c1-9(17-2)7-12-8-18-19-20(12)11-5-3-10(4-6-11)13(14,15)16/h3-6,8-9,17H,7H2,1-2H3. The van der Waals surface area contributed by atoms with Gasteiger partial charge < -0.3 is 5.32 Å². The van der Waals surface area contributed by atoms with Crippen LogP contribution in [0.25, 0.3) is 5.69 Å². The van der Waals surface area contributed by atoms with Gasteiger partial charge in [-0.05, 0) is 38.2 Å². The zero-order valence-corrected chi connectivity index (χ0v) is 11.1. The average Bonchev–Trinajstić information content (AvgIpc) is 2.86. The van der Waals surface area contributed by atoms with Crippen LogP contribution in [0.4, 0.5) is 13.2 Å². The Hall–Kier alpha value is -1.89. The van der Waals surface area contributed by atoms with Crippen molar-refractivity contribution >= 4 is 0 Å². The van der Waals surface area contributed by atoms with Crippen LogP contribution in [0.2, 0.25) is 0 Å². The first-order valence-electron chi connectivity index (χ1n) is 6.16. The van der Waals surface area contributed by atoms with Gasteiger partial charge in [0.2, 0.25) is 0 Å². The highest BCUT2D eigenvalue weighted by molar-refractivity contribution is 5.36. The Morgan fingerprint density at radius 2 is 1.90 bits per heavy atom. The van der Waals surface area contributed by atoms with Gasteiger partial charge in [-0.15, -0.1) is 5.10 Å². The van der Waals surface area contributed by atoms with Gasteiger partial charge in [0.05, 0.1) is 23.1 Å². The minimum Gasteiger partial charge on any atom is -0.317 e. The Morgan fingerprint density at radius 1 is 1.25 bits per heavy atom. The van der Waals surface area contributed by atoms with Crippen LogP contribution in [0.15, 0.2) is 30.5 Å². The van der Waals surface area contributed by atoms with Crippen LogP contribution in [0.1, 0.15) is 18.2 Å². The van der Waals surface area contributed by atoms with Crippen molar-refractivity contribution in [2.75, 3.05) is 7.05 Å². The predicted molar refractivity (Wildman–Crippen MR) is 68.6 cm³/mol. The van der Waals surface area contributed by atoms with Crippen LogP contribution >= 0.6 is 0 Å². The summed E-state index contributed by atoms with van der Waals surface area (Å²) in [6, 6.07) is 5.10. The van der Waals surface area contributed by atoms with Gasteiger partial charge in [0.25, 0.3) is 0 Å². The summed E-state index contributed by atoms with van der Waals surface area (Å²) in [4.78, 5) is 0. The maximum atomic E-state index is 12.5. The molecule has 1 aromatic heterocycles. The lowest BCUT2D eigenvalue weighted by Crippen LogP contribution is -2.24. The topological polar surface area (TPSA) is 42.7 Å². The van der Waals surface area contributed by atoms with Gasteiger partial charge in [0.1, 0.15) is 0 Å². The lowest BCUT2D eigenvalue weighted by molar-refractivity contribution is -0.137. The second kappa shape index (κ2) is 5.62. The van der Waals surface area contributed by atoms with Crippen molar-refractivity contribution < 1.29 is 13.2 Å². The molecule has 0 aliphatic rings. The molecular formula is C13H15F3N4. The first-order chi connectivity index (χ1) is 9.41. The molecule has 2 aromatic rings. The summed E-state index contributed by atoms with van der Waals surface area (Å²) in [5, 5.41) is 10.8. The largest absolute Gasteiger partial charge is 0.416 e. The summed E-state index contributed by atoms with van der Waals surface area (Å²) in [6.45, 7) is 2.00. The van der Waals surface area contributed by atoms with E-state index in [9.17, 15) is 13.2 Å². The van der Waals surface area contributed by atoms with E-state index in [0.717, 1.165) is 17.8 Å². The van der Waals surface area contributed by atoms with Gasteiger partial charge in [-0.25, -0.2) is 4.68 Å². The molecule has 0 aliphatic carbocycles. The molecule has 0 spiro atoms. The summed E-state index contributed by atoms with van der Waals surface area (Å²) >= 11 is 0. The third-order valence-electron chi connectivity index (χ3n) is 3.07. The zero-order valence-electron chi connectivity index (χ0n) is 11.1. The fourth-order valence-electron chi connectivity index (χ4n) is 1.82. The summed E-state index contributed by atoms with van der Waals surface area (Å²) < 4.78 is 39.1.